The first-order valence-electron chi connectivity index (χ1n) is 5.18. The van der Waals surface area contributed by atoms with Crippen molar-refractivity contribution in [2.45, 2.75) is 5.16 Å². The third-order valence-electron chi connectivity index (χ3n) is 2.22. The highest BCUT2D eigenvalue weighted by Gasteiger charge is 2.13. The quantitative estimate of drug-likeness (QED) is 0.847. The largest absolute Gasteiger partial charge is 0.481 e. The number of rotatable bonds is 4. The molecule has 1 heterocycles. The van der Waals surface area contributed by atoms with Crippen LogP contribution in [0, 0.1) is 0 Å². The summed E-state index contributed by atoms with van der Waals surface area (Å²) >= 11 is 10.4. The Hall–Kier alpha value is -1.05. The van der Waals surface area contributed by atoms with Crippen LogP contribution in [0.4, 0.5) is 0 Å². The lowest BCUT2D eigenvalue weighted by Crippen LogP contribution is -2.00. The minimum absolute atomic E-state index is 0.0479. The molecule has 0 aliphatic carbocycles. The summed E-state index contributed by atoms with van der Waals surface area (Å²) in [4.78, 5) is 14.9. The van der Waals surface area contributed by atoms with Gasteiger partial charge in [0.1, 0.15) is 0 Å². The predicted molar refractivity (Wildman–Crippen MR) is 77.5 cm³/mol. The molecule has 0 aliphatic heterocycles. The first kappa shape index (κ1) is 14.4. The minimum Gasteiger partial charge on any atom is -0.481 e. The highest BCUT2D eigenvalue weighted by molar-refractivity contribution is 9.10. The molecule has 1 aromatic heterocycles. The van der Waals surface area contributed by atoms with Crippen molar-refractivity contribution in [2.75, 3.05) is 5.75 Å². The number of hydrogen-bond donors (Lipinski definition) is 1. The number of carboxylic acids is 1. The number of aryl methyl sites for hydroxylation is 1. The predicted octanol–water partition coefficient (Wildman–Crippen LogP) is 3.07. The molecule has 2 aromatic rings. The summed E-state index contributed by atoms with van der Waals surface area (Å²) in [5.41, 5.74) is 0.808. The maximum absolute atomic E-state index is 10.6. The molecule has 5 nitrogen and oxygen atoms in total. The van der Waals surface area contributed by atoms with Crippen LogP contribution in [0.15, 0.2) is 27.8 Å². The zero-order valence-electron chi connectivity index (χ0n) is 9.80. The van der Waals surface area contributed by atoms with Crippen LogP contribution < -0.4 is 0 Å². The average molecular weight is 363 g/mol. The maximum Gasteiger partial charge on any atom is 0.313 e. The minimum atomic E-state index is -0.887. The van der Waals surface area contributed by atoms with Gasteiger partial charge >= 0.3 is 5.97 Å². The Kier molecular flexibility index (Phi) is 4.49. The lowest BCUT2D eigenvalue weighted by molar-refractivity contribution is -0.133. The van der Waals surface area contributed by atoms with Gasteiger partial charge in [-0.1, -0.05) is 23.4 Å². The molecule has 2 rings (SSSR count). The molecule has 0 radical (unpaired) electrons. The summed E-state index contributed by atoms with van der Waals surface area (Å²) in [6, 6.07) is 5.33. The van der Waals surface area contributed by atoms with Crippen molar-refractivity contribution in [1.29, 1.82) is 0 Å². The normalized spacial score (nSPS) is 10.7. The van der Waals surface area contributed by atoms with Crippen molar-refractivity contribution in [3.05, 3.63) is 27.7 Å². The molecule has 1 aromatic carbocycles. The molecule has 19 heavy (non-hydrogen) atoms. The fourth-order valence-corrected chi connectivity index (χ4v) is 2.90. The SMILES string of the molecule is Cn1nc(-c2ccc(Cl)cc2Br)nc1SCC(=O)O. The zero-order valence-corrected chi connectivity index (χ0v) is 13.0. The molecular formula is C11H9BrClN3O2S. The van der Waals surface area contributed by atoms with Crippen molar-refractivity contribution in [1.82, 2.24) is 14.8 Å². The van der Waals surface area contributed by atoms with Crippen LogP contribution in [0.3, 0.4) is 0 Å². The third kappa shape index (κ3) is 3.49. The van der Waals surface area contributed by atoms with E-state index in [4.69, 9.17) is 16.7 Å². The zero-order chi connectivity index (χ0) is 14.0. The van der Waals surface area contributed by atoms with Crippen molar-refractivity contribution >= 4 is 45.3 Å². The summed E-state index contributed by atoms with van der Waals surface area (Å²) < 4.78 is 2.35. The average Bonchev–Trinajstić information content (AvgIpc) is 2.67. The fraction of sp³-hybridized carbons (Fsp3) is 0.182. The second-order valence-electron chi connectivity index (χ2n) is 3.65. The molecular weight excluding hydrogens is 354 g/mol. The summed E-state index contributed by atoms with van der Waals surface area (Å²) in [5.74, 6) is -0.408. The molecule has 8 heteroatoms. The fourth-order valence-electron chi connectivity index (χ4n) is 1.41. The van der Waals surface area contributed by atoms with Crippen molar-refractivity contribution in [2.24, 2.45) is 7.05 Å². The van der Waals surface area contributed by atoms with Crippen LogP contribution in [-0.2, 0) is 11.8 Å². The van der Waals surface area contributed by atoms with E-state index in [1.165, 1.54) is 0 Å². The van der Waals surface area contributed by atoms with Gasteiger partial charge in [0.05, 0.1) is 5.75 Å². The van der Waals surface area contributed by atoms with Gasteiger partial charge in [-0.15, -0.1) is 0 Å². The summed E-state index contributed by atoms with van der Waals surface area (Å²) in [5, 5.41) is 14.1. The lowest BCUT2D eigenvalue weighted by Gasteiger charge is -1.99. The highest BCUT2D eigenvalue weighted by atomic mass is 79.9. The van der Waals surface area contributed by atoms with Gasteiger partial charge in [-0.25, -0.2) is 9.67 Å². The van der Waals surface area contributed by atoms with Gasteiger partial charge in [-0.3, -0.25) is 4.79 Å². The van der Waals surface area contributed by atoms with Crippen molar-refractivity contribution in [3.63, 3.8) is 0 Å². The summed E-state index contributed by atoms with van der Waals surface area (Å²) in [7, 11) is 1.73. The number of hydrogen-bond acceptors (Lipinski definition) is 4. The summed E-state index contributed by atoms with van der Waals surface area (Å²) in [6.45, 7) is 0. The Morgan fingerprint density at radius 3 is 2.95 bits per heavy atom. The number of nitrogens with zero attached hydrogens (tertiary/aromatic N) is 3. The van der Waals surface area contributed by atoms with Crippen LogP contribution in [0.1, 0.15) is 0 Å². The van der Waals surface area contributed by atoms with Gasteiger partial charge < -0.3 is 5.11 Å². The van der Waals surface area contributed by atoms with E-state index in [9.17, 15) is 4.79 Å². The second-order valence-corrected chi connectivity index (χ2v) is 5.88. The molecule has 0 unspecified atom stereocenters. The van der Waals surface area contributed by atoms with E-state index in [0.29, 0.717) is 16.0 Å². The van der Waals surface area contributed by atoms with E-state index in [2.05, 4.69) is 26.0 Å². The molecule has 0 fully saturated rings. The highest BCUT2D eigenvalue weighted by Crippen LogP contribution is 2.29. The van der Waals surface area contributed by atoms with E-state index in [1.54, 1.807) is 23.9 Å². The first-order chi connectivity index (χ1) is 8.97. The Balaban J connectivity index is 2.31. The van der Waals surface area contributed by atoms with Crippen LogP contribution in [0.25, 0.3) is 11.4 Å². The van der Waals surface area contributed by atoms with Gasteiger partial charge in [0.25, 0.3) is 0 Å². The van der Waals surface area contributed by atoms with Gasteiger partial charge in [-0.2, -0.15) is 5.10 Å². The van der Waals surface area contributed by atoms with Gasteiger partial charge in [0, 0.05) is 22.1 Å². The van der Waals surface area contributed by atoms with E-state index < -0.39 is 5.97 Å². The van der Waals surface area contributed by atoms with Gasteiger partial charge in [0.15, 0.2) is 11.0 Å². The first-order valence-corrected chi connectivity index (χ1v) is 7.34. The Morgan fingerprint density at radius 2 is 2.32 bits per heavy atom. The van der Waals surface area contributed by atoms with Gasteiger partial charge in [0.2, 0.25) is 0 Å². The smallest absolute Gasteiger partial charge is 0.313 e. The number of thioether (sulfide) groups is 1. The molecule has 0 saturated heterocycles. The number of aromatic nitrogens is 3. The van der Waals surface area contributed by atoms with E-state index in [1.807, 2.05) is 6.07 Å². The lowest BCUT2D eigenvalue weighted by atomic mass is 10.2. The molecule has 100 valence electrons. The monoisotopic (exact) mass is 361 g/mol. The van der Waals surface area contributed by atoms with Crippen LogP contribution in [-0.4, -0.2) is 31.6 Å². The molecule has 0 amide bonds. The van der Waals surface area contributed by atoms with Crippen LogP contribution >= 0.6 is 39.3 Å². The van der Waals surface area contributed by atoms with Crippen molar-refractivity contribution in [3.8, 4) is 11.4 Å². The third-order valence-corrected chi connectivity index (χ3v) is 4.12. The molecule has 0 saturated carbocycles. The topological polar surface area (TPSA) is 68.0 Å². The van der Waals surface area contributed by atoms with Gasteiger partial charge in [-0.05, 0) is 34.1 Å². The van der Waals surface area contributed by atoms with E-state index >= 15 is 0 Å². The molecule has 0 spiro atoms. The Bertz CT molecular complexity index is 632. The van der Waals surface area contributed by atoms with Crippen LogP contribution in [0.2, 0.25) is 5.02 Å². The number of benzene rings is 1. The Labute approximate surface area is 127 Å². The van der Waals surface area contributed by atoms with Crippen molar-refractivity contribution < 1.29 is 9.90 Å². The number of halogens is 2. The van der Waals surface area contributed by atoms with E-state index in [0.717, 1.165) is 21.8 Å². The number of aliphatic carboxylic acids is 1. The Morgan fingerprint density at radius 1 is 1.58 bits per heavy atom. The molecule has 0 bridgehead atoms. The van der Waals surface area contributed by atoms with Crippen LogP contribution in [0.5, 0.6) is 0 Å². The molecule has 0 atom stereocenters. The summed E-state index contributed by atoms with van der Waals surface area (Å²) in [6.07, 6.45) is 0. The molecule has 0 aliphatic rings. The second kappa shape index (κ2) is 5.94. The number of carbonyl (C=O) groups is 1. The standard InChI is InChI=1S/C11H9BrClN3O2S/c1-16-11(19-5-9(17)18)14-10(15-16)7-3-2-6(13)4-8(7)12/h2-4H,5H2,1H3,(H,17,18). The molecule has 1 N–H and O–H groups in total. The number of carboxylic acid groups (broad SMARTS) is 1. The van der Waals surface area contributed by atoms with E-state index in [-0.39, 0.29) is 5.75 Å². The maximum atomic E-state index is 10.6.